The first-order valence-electron chi connectivity index (χ1n) is 4.95. The van der Waals surface area contributed by atoms with Gasteiger partial charge in [-0.3, -0.25) is 0 Å². The Kier molecular flexibility index (Phi) is 4.50. The molecule has 2 aromatic rings. The highest BCUT2D eigenvalue weighted by molar-refractivity contribution is 14.1. The van der Waals surface area contributed by atoms with Gasteiger partial charge >= 0.3 is 0 Å². The number of pyridine rings is 1. The predicted octanol–water partition coefficient (Wildman–Crippen LogP) is 4.02. The van der Waals surface area contributed by atoms with Crippen LogP contribution in [0.4, 0.5) is 17.3 Å². The van der Waals surface area contributed by atoms with E-state index >= 15 is 0 Å². The minimum Gasteiger partial charge on any atom is -0.339 e. The molecule has 4 nitrogen and oxygen atoms in total. The van der Waals surface area contributed by atoms with E-state index in [2.05, 4.69) is 38.3 Å². The van der Waals surface area contributed by atoms with Crippen molar-refractivity contribution >= 4 is 63.1 Å². The molecule has 0 aliphatic heterocycles. The van der Waals surface area contributed by atoms with Crippen LogP contribution in [-0.2, 0) is 0 Å². The van der Waals surface area contributed by atoms with Crippen LogP contribution in [0.15, 0.2) is 30.3 Å². The van der Waals surface area contributed by atoms with Crippen LogP contribution in [-0.4, -0.2) is 4.98 Å². The molecule has 4 N–H and O–H groups in total. The van der Waals surface area contributed by atoms with E-state index in [9.17, 15) is 0 Å². The second kappa shape index (κ2) is 5.92. The quantitative estimate of drug-likeness (QED) is 0.418. The SMILES string of the molecule is NNc1nc(Nc2ccc(I)cc2)c(Cl)cc1Cl. The monoisotopic (exact) mass is 394 g/mol. The Labute approximate surface area is 128 Å². The predicted molar refractivity (Wildman–Crippen MR) is 84.5 cm³/mol. The zero-order chi connectivity index (χ0) is 13.1. The highest BCUT2D eigenvalue weighted by Gasteiger charge is 2.08. The van der Waals surface area contributed by atoms with Crippen molar-refractivity contribution in [2.24, 2.45) is 5.84 Å². The fourth-order valence-corrected chi connectivity index (χ4v) is 2.15. The summed E-state index contributed by atoms with van der Waals surface area (Å²) in [7, 11) is 0. The Morgan fingerprint density at radius 3 is 2.28 bits per heavy atom. The summed E-state index contributed by atoms with van der Waals surface area (Å²) < 4.78 is 1.15. The molecule has 0 saturated heterocycles. The van der Waals surface area contributed by atoms with Crippen molar-refractivity contribution in [3.8, 4) is 0 Å². The second-order valence-electron chi connectivity index (χ2n) is 3.43. The summed E-state index contributed by atoms with van der Waals surface area (Å²) in [5, 5.41) is 3.90. The first-order chi connectivity index (χ1) is 8.60. The van der Waals surface area contributed by atoms with Gasteiger partial charge in [0, 0.05) is 9.26 Å². The number of hydrazine groups is 1. The van der Waals surface area contributed by atoms with Gasteiger partial charge in [0.25, 0.3) is 0 Å². The summed E-state index contributed by atoms with van der Waals surface area (Å²) in [6.07, 6.45) is 0. The van der Waals surface area contributed by atoms with Gasteiger partial charge < -0.3 is 10.7 Å². The van der Waals surface area contributed by atoms with Crippen molar-refractivity contribution in [2.45, 2.75) is 0 Å². The highest BCUT2D eigenvalue weighted by atomic mass is 127. The lowest BCUT2D eigenvalue weighted by Gasteiger charge is -2.10. The minimum atomic E-state index is 0.370. The van der Waals surface area contributed by atoms with Gasteiger partial charge in [0.1, 0.15) is 0 Å². The molecule has 0 aliphatic carbocycles. The van der Waals surface area contributed by atoms with E-state index in [4.69, 9.17) is 29.0 Å². The second-order valence-corrected chi connectivity index (χ2v) is 5.49. The van der Waals surface area contributed by atoms with Crippen molar-refractivity contribution in [3.05, 3.63) is 43.9 Å². The number of nitrogens with one attached hydrogen (secondary N) is 2. The maximum Gasteiger partial charge on any atom is 0.161 e. The number of hydrogen-bond acceptors (Lipinski definition) is 4. The molecular weight excluding hydrogens is 386 g/mol. The van der Waals surface area contributed by atoms with E-state index in [0.29, 0.717) is 21.7 Å². The van der Waals surface area contributed by atoms with Crippen LogP contribution in [0.3, 0.4) is 0 Å². The fraction of sp³-hybridized carbons (Fsp3) is 0. The molecule has 1 aromatic heterocycles. The zero-order valence-electron chi connectivity index (χ0n) is 9.05. The number of nitrogens with two attached hydrogens (primary N) is 1. The Morgan fingerprint density at radius 2 is 1.67 bits per heavy atom. The minimum absolute atomic E-state index is 0.370. The average molecular weight is 395 g/mol. The lowest BCUT2D eigenvalue weighted by Crippen LogP contribution is -2.10. The van der Waals surface area contributed by atoms with Gasteiger partial charge in [-0.05, 0) is 52.9 Å². The third-order valence-corrected chi connectivity index (χ3v) is 3.47. The maximum absolute atomic E-state index is 6.06. The van der Waals surface area contributed by atoms with Crippen molar-refractivity contribution in [1.29, 1.82) is 0 Å². The number of aromatic nitrogens is 1. The van der Waals surface area contributed by atoms with E-state index in [1.807, 2.05) is 24.3 Å². The molecule has 18 heavy (non-hydrogen) atoms. The topological polar surface area (TPSA) is 63.0 Å². The van der Waals surface area contributed by atoms with E-state index < -0.39 is 0 Å². The van der Waals surface area contributed by atoms with E-state index in [1.165, 1.54) is 0 Å². The van der Waals surface area contributed by atoms with Crippen LogP contribution in [0.2, 0.25) is 10.0 Å². The first kappa shape index (κ1) is 13.7. The van der Waals surface area contributed by atoms with Crippen molar-refractivity contribution < 1.29 is 0 Å². The third kappa shape index (κ3) is 3.17. The number of hydrogen-bond donors (Lipinski definition) is 3. The summed E-state index contributed by atoms with van der Waals surface area (Å²) in [5.41, 5.74) is 3.30. The van der Waals surface area contributed by atoms with Crippen molar-refractivity contribution in [3.63, 3.8) is 0 Å². The number of nitrogen functional groups attached to an aromatic ring is 1. The van der Waals surface area contributed by atoms with Crippen LogP contribution in [0.25, 0.3) is 0 Å². The maximum atomic E-state index is 6.06. The Bertz CT molecular complexity index is 560. The Morgan fingerprint density at radius 1 is 1.06 bits per heavy atom. The van der Waals surface area contributed by atoms with E-state index in [-0.39, 0.29) is 0 Å². The highest BCUT2D eigenvalue weighted by Crippen LogP contribution is 2.30. The summed E-state index contributed by atoms with van der Waals surface area (Å²) >= 11 is 14.2. The molecule has 0 saturated carbocycles. The molecule has 0 radical (unpaired) electrons. The van der Waals surface area contributed by atoms with E-state index in [0.717, 1.165) is 9.26 Å². The third-order valence-electron chi connectivity index (χ3n) is 2.17. The van der Waals surface area contributed by atoms with Crippen LogP contribution >= 0.6 is 45.8 Å². The van der Waals surface area contributed by atoms with Gasteiger partial charge in [-0.15, -0.1) is 0 Å². The molecule has 0 unspecified atom stereocenters. The molecule has 7 heteroatoms. The Hall–Kier alpha value is -0.760. The molecule has 0 bridgehead atoms. The lowest BCUT2D eigenvalue weighted by atomic mass is 10.3. The van der Waals surface area contributed by atoms with Crippen LogP contribution in [0.5, 0.6) is 0 Å². The molecule has 94 valence electrons. The van der Waals surface area contributed by atoms with Crippen molar-refractivity contribution in [1.82, 2.24) is 4.98 Å². The largest absolute Gasteiger partial charge is 0.339 e. The summed E-state index contributed by atoms with van der Waals surface area (Å²) in [4.78, 5) is 4.20. The standard InChI is InChI=1S/C11H9Cl2IN4/c12-8-5-9(13)11(18-15)17-10(8)16-7-3-1-6(14)2-4-7/h1-5H,15H2,(H2,16,17,18). The zero-order valence-corrected chi connectivity index (χ0v) is 12.7. The molecule has 0 aliphatic rings. The summed E-state index contributed by atoms with van der Waals surface area (Å²) in [6, 6.07) is 9.41. The number of rotatable bonds is 3. The van der Waals surface area contributed by atoms with E-state index in [1.54, 1.807) is 6.07 Å². The molecule has 0 fully saturated rings. The van der Waals surface area contributed by atoms with Crippen LogP contribution in [0, 0.1) is 3.57 Å². The van der Waals surface area contributed by atoms with Gasteiger partial charge in [0.05, 0.1) is 10.0 Å². The number of anilines is 3. The van der Waals surface area contributed by atoms with Gasteiger partial charge in [0.2, 0.25) is 0 Å². The smallest absolute Gasteiger partial charge is 0.161 e. The molecular formula is C11H9Cl2IN4. The Balaban J connectivity index is 2.31. The van der Waals surface area contributed by atoms with Gasteiger partial charge in [-0.2, -0.15) is 0 Å². The average Bonchev–Trinajstić information content (AvgIpc) is 2.35. The molecule has 0 spiro atoms. The number of halogens is 3. The molecule has 0 amide bonds. The first-order valence-corrected chi connectivity index (χ1v) is 6.79. The lowest BCUT2D eigenvalue weighted by molar-refractivity contribution is 1.22. The number of benzene rings is 1. The molecule has 2 rings (SSSR count). The van der Waals surface area contributed by atoms with Crippen LogP contribution in [0.1, 0.15) is 0 Å². The molecule has 1 heterocycles. The van der Waals surface area contributed by atoms with Crippen LogP contribution < -0.4 is 16.6 Å². The fourth-order valence-electron chi connectivity index (χ4n) is 1.33. The van der Waals surface area contributed by atoms with Crippen molar-refractivity contribution in [2.75, 3.05) is 10.7 Å². The molecule has 0 atom stereocenters. The van der Waals surface area contributed by atoms with Gasteiger partial charge in [-0.1, -0.05) is 23.2 Å². The summed E-state index contributed by atoms with van der Waals surface area (Å²) in [6.45, 7) is 0. The number of nitrogens with zero attached hydrogens (tertiary/aromatic N) is 1. The van der Waals surface area contributed by atoms with Gasteiger partial charge in [-0.25, -0.2) is 10.8 Å². The summed E-state index contributed by atoms with van der Waals surface area (Å²) in [5.74, 6) is 6.18. The van der Waals surface area contributed by atoms with Gasteiger partial charge in [0.15, 0.2) is 11.6 Å². The normalized spacial score (nSPS) is 10.2. The molecule has 1 aromatic carbocycles.